The normalized spacial score (nSPS) is 17.2. The molecule has 112 valence electrons. The van der Waals surface area contributed by atoms with E-state index < -0.39 is 6.10 Å². The number of aryl methyl sites for hydroxylation is 1. The van der Waals surface area contributed by atoms with Gasteiger partial charge in [-0.2, -0.15) is 5.26 Å². The van der Waals surface area contributed by atoms with Crippen LogP contribution >= 0.6 is 11.3 Å². The highest BCUT2D eigenvalue weighted by atomic mass is 32.1. The van der Waals surface area contributed by atoms with Crippen molar-refractivity contribution in [3.05, 3.63) is 40.8 Å². The van der Waals surface area contributed by atoms with Gasteiger partial charge in [0.25, 0.3) is 5.91 Å². The summed E-state index contributed by atoms with van der Waals surface area (Å²) in [5.41, 5.74) is 2.42. The van der Waals surface area contributed by atoms with Crippen molar-refractivity contribution >= 4 is 22.2 Å². The monoisotopic (exact) mass is 312 g/mol. The zero-order chi connectivity index (χ0) is 15.5. The number of nitrogens with one attached hydrogen (secondary N) is 1. The Bertz CT molecular complexity index is 725. The second-order valence-corrected chi connectivity index (χ2v) is 6.43. The smallest absolute Gasteiger partial charge is 0.254 e. The van der Waals surface area contributed by atoms with Crippen molar-refractivity contribution in [1.29, 1.82) is 5.26 Å². The molecule has 1 atom stereocenters. The quantitative estimate of drug-likeness (QED) is 0.939. The molecule has 0 unspecified atom stereocenters. The van der Waals surface area contributed by atoms with E-state index in [1.807, 2.05) is 37.3 Å². The molecule has 2 heterocycles. The zero-order valence-electron chi connectivity index (χ0n) is 12.3. The first-order chi connectivity index (χ1) is 10.7. The number of thiophene rings is 1. The van der Waals surface area contributed by atoms with E-state index in [9.17, 15) is 10.1 Å². The van der Waals surface area contributed by atoms with Crippen LogP contribution in [0.5, 0.6) is 0 Å². The summed E-state index contributed by atoms with van der Waals surface area (Å²) in [6, 6.07) is 12.0. The first kappa shape index (κ1) is 14.8. The lowest BCUT2D eigenvalue weighted by Gasteiger charge is -2.09. The second-order valence-electron chi connectivity index (χ2n) is 5.21. The summed E-state index contributed by atoms with van der Waals surface area (Å²) in [7, 11) is 0. The number of carbonyl (C=O) groups is 1. The molecule has 0 aliphatic carbocycles. The van der Waals surface area contributed by atoms with Gasteiger partial charge < -0.3 is 10.1 Å². The van der Waals surface area contributed by atoms with Crippen LogP contribution in [-0.4, -0.2) is 18.6 Å². The molecule has 1 saturated heterocycles. The minimum Gasteiger partial charge on any atom is -0.368 e. The van der Waals surface area contributed by atoms with Gasteiger partial charge in [0.05, 0.1) is 5.56 Å². The van der Waals surface area contributed by atoms with E-state index in [0.717, 1.165) is 28.8 Å². The SMILES string of the molecule is Cc1sc(NC(=O)[C@H]2CCCO2)c(C#N)c1-c1ccccc1. The Balaban J connectivity index is 1.93. The minimum atomic E-state index is -0.394. The number of ether oxygens (including phenoxy) is 1. The molecule has 0 radical (unpaired) electrons. The van der Waals surface area contributed by atoms with Crippen molar-refractivity contribution in [2.75, 3.05) is 11.9 Å². The van der Waals surface area contributed by atoms with Crippen molar-refractivity contribution < 1.29 is 9.53 Å². The summed E-state index contributed by atoms with van der Waals surface area (Å²) in [6.07, 6.45) is 1.25. The number of hydrogen-bond donors (Lipinski definition) is 1. The summed E-state index contributed by atoms with van der Waals surface area (Å²) >= 11 is 1.44. The third-order valence-electron chi connectivity index (χ3n) is 3.72. The molecule has 1 fully saturated rings. The van der Waals surface area contributed by atoms with E-state index in [1.165, 1.54) is 11.3 Å². The molecule has 2 aromatic rings. The molecule has 1 aliphatic rings. The van der Waals surface area contributed by atoms with Crippen molar-refractivity contribution in [2.24, 2.45) is 0 Å². The molecule has 0 bridgehead atoms. The highest BCUT2D eigenvalue weighted by Crippen LogP contribution is 2.39. The Kier molecular flexibility index (Phi) is 4.23. The van der Waals surface area contributed by atoms with Gasteiger partial charge in [0.2, 0.25) is 0 Å². The van der Waals surface area contributed by atoms with Crippen LogP contribution in [-0.2, 0) is 9.53 Å². The maximum atomic E-state index is 12.2. The van der Waals surface area contributed by atoms with Gasteiger partial charge in [0, 0.05) is 17.0 Å². The van der Waals surface area contributed by atoms with Gasteiger partial charge in [-0.3, -0.25) is 4.79 Å². The van der Waals surface area contributed by atoms with Crippen molar-refractivity contribution in [3.63, 3.8) is 0 Å². The van der Waals surface area contributed by atoms with E-state index in [1.54, 1.807) is 0 Å². The van der Waals surface area contributed by atoms with Crippen LogP contribution in [0.25, 0.3) is 11.1 Å². The van der Waals surface area contributed by atoms with E-state index in [4.69, 9.17) is 4.74 Å². The average Bonchev–Trinajstić information content (AvgIpc) is 3.16. The summed E-state index contributed by atoms with van der Waals surface area (Å²) in [5.74, 6) is -0.158. The van der Waals surface area contributed by atoms with Gasteiger partial charge in [0.1, 0.15) is 17.2 Å². The van der Waals surface area contributed by atoms with Gasteiger partial charge in [0.15, 0.2) is 0 Å². The minimum absolute atomic E-state index is 0.158. The van der Waals surface area contributed by atoms with Crippen LogP contribution in [0.3, 0.4) is 0 Å². The predicted octanol–water partition coefficient (Wildman–Crippen LogP) is 3.71. The largest absolute Gasteiger partial charge is 0.368 e. The van der Waals surface area contributed by atoms with Crippen LogP contribution < -0.4 is 5.32 Å². The maximum Gasteiger partial charge on any atom is 0.254 e. The molecule has 4 nitrogen and oxygen atoms in total. The second kappa shape index (κ2) is 6.30. The number of carbonyl (C=O) groups excluding carboxylic acids is 1. The van der Waals surface area contributed by atoms with Crippen molar-refractivity contribution in [2.45, 2.75) is 25.9 Å². The van der Waals surface area contributed by atoms with Gasteiger partial charge in [-0.15, -0.1) is 11.3 Å². The van der Waals surface area contributed by atoms with Gasteiger partial charge in [-0.25, -0.2) is 0 Å². The Morgan fingerprint density at radius 3 is 2.82 bits per heavy atom. The predicted molar refractivity (Wildman–Crippen MR) is 86.8 cm³/mol. The molecule has 22 heavy (non-hydrogen) atoms. The van der Waals surface area contributed by atoms with Crippen molar-refractivity contribution in [3.8, 4) is 17.2 Å². The number of anilines is 1. The fourth-order valence-electron chi connectivity index (χ4n) is 2.67. The molecular formula is C17H16N2O2S. The highest BCUT2D eigenvalue weighted by molar-refractivity contribution is 7.17. The Hall–Kier alpha value is -2.16. The fraction of sp³-hybridized carbons (Fsp3) is 0.294. The van der Waals surface area contributed by atoms with Crippen LogP contribution in [0.2, 0.25) is 0 Å². The molecule has 1 aromatic carbocycles. The fourth-order valence-corrected chi connectivity index (χ4v) is 3.70. The maximum absolute atomic E-state index is 12.2. The van der Waals surface area contributed by atoms with Crippen molar-refractivity contribution in [1.82, 2.24) is 0 Å². The topological polar surface area (TPSA) is 62.1 Å². The number of nitrogens with zero attached hydrogens (tertiary/aromatic N) is 1. The molecule has 1 aliphatic heterocycles. The van der Waals surface area contributed by atoms with E-state index >= 15 is 0 Å². The molecule has 0 saturated carbocycles. The zero-order valence-corrected chi connectivity index (χ0v) is 13.1. The van der Waals surface area contributed by atoms with Crippen LogP contribution in [0, 0.1) is 18.3 Å². The van der Waals surface area contributed by atoms with Crippen LogP contribution in [0.15, 0.2) is 30.3 Å². The summed E-state index contributed by atoms with van der Waals surface area (Å²) < 4.78 is 5.39. The third kappa shape index (κ3) is 2.76. The molecular weight excluding hydrogens is 296 g/mol. The molecule has 1 aromatic heterocycles. The summed E-state index contributed by atoms with van der Waals surface area (Å²) in [4.78, 5) is 13.2. The van der Waals surface area contributed by atoms with E-state index in [-0.39, 0.29) is 5.91 Å². The summed E-state index contributed by atoms with van der Waals surface area (Å²) in [6.45, 7) is 2.59. The first-order valence-electron chi connectivity index (χ1n) is 7.22. The molecule has 0 spiro atoms. The van der Waals surface area contributed by atoms with Gasteiger partial charge in [-0.05, 0) is 25.3 Å². The van der Waals surface area contributed by atoms with E-state index in [0.29, 0.717) is 17.2 Å². The van der Waals surface area contributed by atoms with E-state index in [2.05, 4.69) is 11.4 Å². The molecule has 5 heteroatoms. The Morgan fingerprint density at radius 2 is 2.18 bits per heavy atom. The van der Waals surface area contributed by atoms with Crippen LogP contribution in [0.1, 0.15) is 23.3 Å². The van der Waals surface area contributed by atoms with Gasteiger partial charge in [-0.1, -0.05) is 30.3 Å². The number of amides is 1. The molecule has 1 amide bonds. The summed E-state index contributed by atoms with van der Waals surface area (Å²) in [5, 5.41) is 13.0. The molecule has 3 rings (SSSR count). The Morgan fingerprint density at radius 1 is 1.41 bits per heavy atom. The highest BCUT2D eigenvalue weighted by Gasteiger charge is 2.26. The Labute approximate surface area is 133 Å². The van der Waals surface area contributed by atoms with Crippen LogP contribution in [0.4, 0.5) is 5.00 Å². The standard InChI is InChI=1S/C17H16N2O2S/c1-11-15(12-6-3-2-4-7-12)13(10-18)17(22-11)19-16(20)14-8-5-9-21-14/h2-4,6-7,14H,5,8-9H2,1H3,(H,19,20)/t14-/m1/s1. The number of hydrogen-bond acceptors (Lipinski definition) is 4. The molecule has 1 N–H and O–H groups in total. The lowest BCUT2D eigenvalue weighted by molar-refractivity contribution is -0.124. The number of rotatable bonds is 3. The first-order valence-corrected chi connectivity index (χ1v) is 8.03. The average molecular weight is 312 g/mol. The third-order valence-corrected chi connectivity index (χ3v) is 4.74. The number of nitriles is 1. The van der Waals surface area contributed by atoms with Gasteiger partial charge >= 0.3 is 0 Å². The number of benzene rings is 1. The lowest BCUT2D eigenvalue weighted by atomic mass is 10.0. The lowest BCUT2D eigenvalue weighted by Crippen LogP contribution is -2.26.